The number of amides is 2. The zero-order valence-electron chi connectivity index (χ0n) is 18.3. The Hall–Kier alpha value is -3.15. The molecule has 6 heteroatoms. The third-order valence-electron chi connectivity index (χ3n) is 6.05. The van der Waals surface area contributed by atoms with Crippen molar-refractivity contribution in [1.82, 2.24) is 19.4 Å². The number of fused-ring (bicyclic) bond motifs is 1. The number of carbonyl (C=O) groups is 2. The number of hydrogen-bond donors (Lipinski definition) is 0. The Labute approximate surface area is 183 Å². The van der Waals surface area contributed by atoms with Crippen LogP contribution in [0.4, 0.5) is 0 Å². The summed E-state index contributed by atoms with van der Waals surface area (Å²) in [5.74, 6) is 1.03. The lowest BCUT2D eigenvalue weighted by Crippen LogP contribution is -2.32. The second-order valence-electron chi connectivity index (χ2n) is 8.37. The van der Waals surface area contributed by atoms with Crippen LogP contribution in [-0.4, -0.2) is 51.3 Å². The maximum absolute atomic E-state index is 12.9. The van der Waals surface area contributed by atoms with Crippen LogP contribution in [0.2, 0.25) is 0 Å². The predicted octanol–water partition coefficient (Wildman–Crippen LogP) is 3.81. The van der Waals surface area contributed by atoms with Gasteiger partial charge in [-0.1, -0.05) is 55.8 Å². The summed E-state index contributed by atoms with van der Waals surface area (Å²) in [6, 6.07) is 18.0. The summed E-state index contributed by atoms with van der Waals surface area (Å²) in [7, 11) is 1.86. The van der Waals surface area contributed by atoms with Gasteiger partial charge in [0.1, 0.15) is 12.4 Å². The highest BCUT2D eigenvalue weighted by Crippen LogP contribution is 2.31. The molecule has 1 saturated heterocycles. The number of carbonyl (C=O) groups excluding carboxylic acids is 2. The highest BCUT2D eigenvalue weighted by atomic mass is 16.2. The van der Waals surface area contributed by atoms with Crippen molar-refractivity contribution in [2.75, 3.05) is 20.1 Å². The van der Waals surface area contributed by atoms with Crippen LogP contribution in [0.25, 0.3) is 11.0 Å². The van der Waals surface area contributed by atoms with Crippen LogP contribution in [0.1, 0.15) is 43.5 Å². The molecule has 2 amide bonds. The summed E-state index contributed by atoms with van der Waals surface area (Å²) < 4.78 is 2.02. The summed E-state index contributed by atoms with van der Waals surface area (Å²) in [4.78, 5) is 34.2. The molecule has 1 aromatic heterocycles. The van der Waals surface area contributed by atoms with E-state index < -0.39 is 0 Å². The normalized spacial score (nSPS) is 16.3. The van der Waals surface area contributed by atoms with Gasteiger partial charge in [-0.05, 0) is 24.1 Å². The first kappa shape index (κ1) is 21.1. The van der Waals surface area contributed by atoms with Crippen molar-refractivity contribution in [3.8, 4) is 0 Å². The molecular weight excluding hydrogens is 388 g/mol. The number of unbranched alkanes of at least 4 members (excludes halogenated alkanes) is 1. The molecule has 2 aromatic carbocycles. The molecule has 0 radical (unpaired) electrons. The second kappa shape index (κ2) is 9.33. The van der Waals surface area contributed by atoms with E-state index in [1.54, 1.807) is 4.90 Å². The van der Waals surface area contributed by atoms with Crippen LogP contribution in [0.15, 0.2) is 54.6 Å². The lowest BCUT2D eigenvalue weighted by atomic mass is 10.1. The molecule has 1 aliphatic rings. The predicted molar refractivity (Wildman–Crippen MR) is 121 cm³/mol. The molecule has 4 rings (SSSR count). The summed E-state index contributed by atoms with van der Waals surface area (Å²) >= 11 is 0. The maximum atomic E-state index is 12.9. The highest BCUT2D eigenvalue weighted by molar-refractivity contribution is 5.83. The number of nitrogens with zero attached hydrogens (tertiary/aromatic N) is 4. The number of para-hydroxylation sites is 2. The molecule has 0 unspecified atom stereocenters. The van der Waals surface area contributed by atoms with Gasteiger partial charge in [-0.15, -0.1) is 0 Å². The van der Waals surface area contributed by atoms with E-state index >= 15 is 0 Å². The van der Waals surface area contributed by atoms with Gasteiger partial charge < -0.3 is 14.4 Å². The van der Waals surface area contributed by atoms with Crippen molar-refractivity contribution >= 4 is 22.8 Å². The minimum Gasteiger partial charge on any atom is -0.344 e. The lowest BCUT2D eigenvalue weighted by molar-refractivity contribution is -0.130. The van der Waals surface area contributed by atoms with Gasteiger partial charge in [-0.3, -0.25) is 9.59 Å². The Kier molecular flexibility index (Phi) is 6.35. The monoisotopic (exact) mass is 418 g/mol. The number of hydrogen-bond acceptors (Lipinski definition) is 3. The van der Waals surface area contributed by atoms with Crippen LogP contribution in [0.3, 0.4) is 0 Å². The molecular formula is C25H30N4O2. The van der Waals surface area contributed by atoms with Crippen LogP contribution >= 0.6 is 0 Å². The summed E-state index contributed by atoms with van der Waals surface area (Å²) in [6.07, 6.45) is 2.47. The molecule has 0 aliphatic carbocycles. The molecule has 162 valence electrons. The molecule has 1 atom stereocenters. The average Bonchev–Trinajstić information content (AvgIpc) is 3.33. The van der Waals surface area contributed by atoms with Crippen molar-refractivity contribution in [3.63, 3.8) is 0 Å². The Balaban J connectivity index is 1.58. The molecule has 0 N–H and O–H groups in total. The first-order chi connectivity index (χ1) is 15.1. The number of likely N-dealkylation sites (N-methyl/N-ethyl adjacent to an activating group) is 1. The van der Waals surface area contributed by atoms with Crippen LogP contribution < -0.4 is 0 Å². The van der Waals surface area contributed by atoms with Crippen LogP contribution in [0.5, 0.6) is 0 Å². The molecule has 1 fully saturated rings. The number of aromatic nitrogens is 2. The quantitative estimate of drug-likeness (QED) is 0.559. The van der Waals surface area contributed by atoms with Crippen molar-refractivity contribution in [1.29, 1.82) is 0 Å². The SMILES string of the molecule is CCCCN(C)C(=O)Cn1c([C@H]2CC(=O)N(Cc3ccccc3)C2)nc2ccccc21. The van der Waals surface area contributed by atoms with E-state index in [1.165, 1.54) is 0 Å². The number of benzene rings is 2. The van der Waals surface area contributed by atoms with E-state index in [9.17, 15) is 9.59 Å². The minimum atomic E-state index is -0.0163. The van der Waals surface area contributed by atoms with Gasteiger partial charge in [0, 0.05) is 39.0 Å². The van der Waals surface area contributed by atoms with Gasteiger partial charge in [0.25, 0.3) is 0 Å². The topological polar surface area (TPSA) is 58.4 Å². The summed E-state index contributed by atoms with van der Waals surface area (Å²) in [5, 5.41) is 0. The molecule has 0 saturated carbocycles. The van der Waals surface area contributed by atoms with Gasteiger partial charge >= 0.3 is 0 Å². The Morgan fingerprint density at radius 1 is 1.13 bits per heavy atom. The Morgan fingerprint density at radius 3 is 2.65 bits per heavy atom. The fourth-order valence-electron chi connectivity index (χ4n) is 4.25. The molecule has 2 heterocycles. The fourth-order valence-corrected chi connectivity index (χ4v) is 4.25. The Bertz CT molecular complexity index is 1060. The van der Waals surface area contributed by atoms with Gasteiger partial charge in [-0.2, -0.15) is 0 Å². The molecule has 6 nitrogen and oxygen atoms in total. The molecule has 0 spiro atoms. The van der Waals surface area contributed by atoms with Gasteiger partial charge in [0.2, 0.25) is 11.8 Å². The first-order valence-electron chi connectivity index (χ1n) is 11.1. The number of likely N-dealkylation sites (tertiary alicyclic amines) is 1. The van der Waals surface area contributed by atoms with Crippen LogP contribution in [-0.2, 0) is 22.7 Å². The standard InChI is InChI=1S/C25H30N4O2/c1-3-4-14-27(2)24(31)18-29-22-13-9-8-12-21(22)26-25(29)20-15-23(30)28(17-20)16-19-10-6-5-7-11-19/h5-13,20H,3-4,14-18H2,1-2H3/t20-/m0/s1. The average molecular weight is 419 g/mol. The van der Waals surface area contributed by atoms with Gasteiger partial charge in [-0.25, -0.2) is 4.98 Å². The van der Waals surface area contributed by atoms with E-state index in [1.807, 2.05) is 71.1 Å². The minimum absolute atomic E-state index is 0.0163. The molecule has 1 aliphatic heterocycles. The van der Waals surface area contributed by atoms with Crippen molar-refractivity contribution in [2.24, 2.45) is 0 Å². The summed E-state index contributed by atoms with van der Waals surface area (Å²) in [6.45, 7) is 4.35. The van der Waals surface area contributed by atoms with Crippen molar-refractivity contribution in [2.45, 2.75) is 45.2 Å². The Morgan fingerprint density at radius 2 is 1.87 bits per heavy atom. The third kappa shape index (κ3) is 4.63. The molecule has 3 aromatic rings. The highest BCUT2D eigenvalue weighted by Gasteiger charge is 2.34. The van der Waals surface area contributed by atoms with Crippen molar-refractivity contribution in [3.05, 3.63) is 66.0 Å². The fraction of sp³-hybridized carbons (Fsp3) is 0.400. The van der Waals surface area contributed by atoms with Crippen molar-refractivity contribution < 1.29 is 9.59 Å². The number of rotatable bonds is 8. The van der Waals surface area contributed by atoms with Gasteiger partial charge in [0.05, 0.1) is 11.0 Å². The molecule has 0 bridgehead atoms. The smallest absolute Gasteiger partial charge is 0.242 e. The van der Waals surface area contributed by atoms with E-state index in [-0.39, 0.29) is 24.3 Å². The van der Waals surface area contributed by atoms with Gasteiger partial charge in [0.15, 0.2) is 0 Å². The lowest BCUT2D eigenvalue weighted by Gasteiger charge is -2.20. The van der Waals surface area contributed by atoms with E-state index in [2.05, 4.69) is 6.92 Å². The van der Waals surface area contributed by atoms with E-state index in [0.29, 0.717) is 19.5 Å². The zero-order chi connectivity index (χ0) is 21.8. The molecule has 31 heavy (non-hydrogen) atoms. The maximum Gasteiger partial charge on any atom is 0.242 e. The largest absolute Gasteiger partial charge is 0.344 e. The number of imidazole rings is 1. The third-order valence-corrected chi connectivity index (χ3v) is 6.05. The summed E-state index contributed by atoms with van der Waals surface area (Å²) in [5.41, 5.74) is 2.94. The van der Waals surface area contributed by atoms with Crippen LogP contribution in [0, 0.1) is 0 Å². The second-order valence-corrected chi connectivity index (χ2v) is 8.37. The van der Waals surface area contributed by atoms with E-state index in [4.69, 9.17) is 4.98 Å². The zero-order valence-corrected chi connectivity index (χ0v) is 18.3. The van der Waals surface area contributed by atoms with E-state index in [0.717, 1.165) is 41.8 Å². The first-order valence-corrected chi connectivity index (χ1v) is 11.1.